The van der Waals surface area contributed by atoms with Gasteiger partial charge in [-0.3, -0.25) is 4.79 Å². The Bertz CT molecular complexity index is 1030. The number of hydrogen-bond acceptors (Lipinski definition) is 4. The molecule has 0 aliphatic heterocycles. The molecular weight excluding hydrogens is 613 g/mol. The molecule has 5 unspecified atom stereocenters. The number of halogens is 15. The number of ether oxygens (including phenoxy) is 1. The summed E-state index contributed by atoms with van der Waals surface area (Å²) in [6, 6.07) is 0. The molecule has 4 nitrogen and oxygen atoms in total. The molecule has 0 amide bonds. The van der Waals surface area contributed by atoms with Crippen LogP contribution in [0.5, 0.6) is 0 Å². The van der Waals surface area contributed by atoms with Crippen LogP contribution in [-0.4, -0.2) is 63.9 Å². The van der Waals surface area contributed by atoms with Gasteiger partial charge in [0.05, 0.1) is 5.60 Å². The number of rotatable bonds is 5. The molecule has 0 aromatic heterocycles. The molecule has 240 valence electrons. The van der Waals surface area contributed by atoms with Crippen LogP contribution in [0.4, 0.5) is 65.9 Å². The highest BCUT2D eigenvalue weighted by molar-refractivity contribution is 5.78. The lowest BCUT2D eigenvalue weighted by Crippen LogP contribution is -2.80. The molecule has 2 N–H and O–H groups in total. The fraction of sp³-hybridized carbons (Fsp3) is 0.955. The maximum absolute atomic E-state index is 14.7. The van der Waals surface area contributed by atoms with Gasteiger partial charge in [-0.2, -0.15) is 65.9 Å². The number of esters is 1. The zero-order valence-corrected chi connectivity index (χ0v) is 20.9. The largest absolute Gasteiger partial charge is 0.438 e. The van der Waals surface area contributed by atoms with E-state index in [9.17, 15) is 80.9 Å². The van der Waals surface area contributed by atoms with Gasteiger partial charge in [-0.1, -0.05) is 6.92 Å². The Morgan fingerprint density at radius 2 is 1.12 bits per heavy atom. The molecule has 4 fully saturated rings. The number of hydrogen-bond donors (Lipinski definition) is 2. The number of carbonyl (C=O) groups excluding carboxylic acids is 1. The van der Waals surface area contributed by atoms with Gasteiger partial charge in [0.1, 0.15) is 0 Å². The molecule has 4 aliphatic carbocycles. The van der Waals surface area contributed by atoms with Crippen LogP contribution in [0, 0.1) is 22.2 Å². The molecule has 0 radical (unpaired) electrons. The second kappa shape index (κ2) is 8.71. The van der Waals surface area contributed by atoms with Crippen molar-refractivity contribution >= 4 is 5.97 Å². The smallest absolute Gasteiger partial charge is 0.438 e. The molecule has 19 heteroatoms. The van der Waals surface area contributed by atoms with Gasteiger partial charge in [-0.15, -0.1) is 0 Å². The first-order chi connectivity index (χ1) is 17.8. The van der Waals surface area contributed by atoms with Crippen LogP contribution in [0.3, 0.4) is 0 Å². The maximum Gasteiger partial charge on any atom is 0.438 e. The third-order valence-electron chi connectivity index (χ3n) is 9.20. The van der Waals surface area contributed by atoms with E-state index in [1.54, 1.807) is 0 Å². The molecule has 0 saturated heterocycles. The molecule has 4 aliphatic rings. The summed E-state index contributed by atoms with van der Waals surface area (Å²) in [5, 5.41) is 21.1. The molecule has 4 bridgehead atoms. The molecule has 0 aromatic rings. The van der Waals surface area contributed by atoms with Crippen molar-refractivity contribution in [2.45, 2.75) is 106 Å². The van der Waals surface area contributed by atoms with E-state index >= 15 is 0 Å². The molecule has 4 rings (SSSR count). The van der Waals surface area contributed by atoms with Gasteiger partial charge in [0.25, 0.3) is 5.60 Å². The topological polar surface area (TPSA) is 66.8 Å². The van der Waals surface area contributed by atoms with Crippen molar-refractivity contribution in [2.75, 3.05) is 0 Å². The third-order valence-corrected chi connectivity index (χ3v) is 9.20. The van der Waals surface area contributed by atoms with E-state index in [2.05, 4.69) is 4.74 Å². The molecule has 4 saturated carbocycles. The minimum atomic E-state index is -6.97. The van der Waals surface area contributed by atoms with Gasteiger partial charge in [0.15, 0.2) is 5.41 Å². The summed E-state index contributed by atoms with van der Waals surface area (Å²) in [6.07, 6.45) is -44.6. The molecular formula is C22H23F15O4. The van der Waals surface area contributed by atoms with Gasteiger partial charge in [0.2, 0.25) is 0 Å². The first-order valence-corrected chi connectivity index (χ1v) is 11.9. The first-order valence-electron chi connectivity index (χ1n) is 11.9. The van der Waals surface area contributed by atoms with Crippen molar-refractivity contribution in [1.29, 1.82) is 0 Å². The van der Waals surface area contributed by atoms with Gasteiger partial charge in [0, 0.05) is 10.8 Å². The minimum absolute atomic E-state index is 0.0897. The monoisotopic (exact) mass is 636 g/mol. The normalized spacial score (nSPS) is 33.1. The Morgan fingerprint density at radius 1 is 0.707 bits per heavy atom. The standard InChI is InChI=1S/C22H23F15O4/c1-3-12(2,18(23,24)25)11(38)41-17(21(32,33)34,22(35,36)37)14-5-10-4-13(7-14,8-15(39,6-10)9-14)16(40,19(26,27)28)20(29,30)31/h10,39-40H,3-9H2,1-2H3. The van der Waals surface area contributed by atoms with Crippen LogP contribution in [0.1, 0.15) is 58.8 Å². The molecule has 0 heterocycles. The Morgan fingerprint density at radius 3 is 1.46 bits per heavy atom. The van der Waals surface area contributed by atoms with Crippen molar-refractivity contribution in [1.82, 2.24) is 0 Å². The minimum Gasteiger partial charge on any atom is -0.438 e. The molecule has 41 heavy (non-hydrogen) atoms. The van der Waals surface area contributed by atoms with Crippen molar-refractivity contribution < 1.29 is 85.6 Å². The average molecular weight is 636 g/mol. The maximum atomic E-state index is 14.7. The van der Waals surface area contributed by atoms with Gasteiger partial charge < -0.3 is 14.9 Å². The van der Waals surface area contributed by atoms with Crippen LogP contribution in [0.25, 0.3) is 0 Å². The van der Waals surface area contributed by atoms with E-state index in [1.165, 1.54) is 0 Å². The van der Waals surface area contributed by atoms with Crippen molar-refractivity contribution in [2.24, 2.45) is 22.2 Å². The average Bonchev–Trinajstić information content (AvgIpc) is 2.69. The zero-order chi connectivity index (χ0) is 32.3. The van der Waals surface area contributed by atoms with Crippen LogP contribution >= 0.6 is 0 Å². The fourth-order valence-corrected chi connectivity index (χ4v) is 7.64. The highest BCUT2D eigenvalue weighted by atomic mass is 19.4. The summed E-state index contributed by atoms with van der Waals surface area (Å²) in [4.78, 5) is 12.6. The summed E-state index contributed by atoms with van der Waals surface area (Å²) in [6.45, 7) is 0.473. The predicted octanol–water partition coefficient (Wildman–Crippen LogP) is 6.93. The highest BCUT2D eigenvalue weighted by Crippen LogP contribution is 2.78. The fourth-order valence-electron chi connectivity index (χ4n) is 7.64. The van der Waals surface area contributed by atoms with E-state index in [1.807, 2.05) is 0 Å². The van der Waals surface area contributed by atoms with Crippen LogP contribution in [0.2, 0.25) is 0 Å². The second-order valence-electron chi connectivity index (χ2n) is 11.7. The van der Waals surface area contributed by atoms with E-state index in [4.69, 9.17) is 0 Å². The summed E-state index contributed by atoms with van der Waals surface area (Å²) in [5.74, 6) is -5.09. The lowest BCUT2D eigenvalue weighted by atomic mass is 9.36. The third kappa shape index (κ3) is 4.31. The Kier molecular flexibility index (Phi) is 7.19. The lowest BCUT2D eigenvalue weighted by molar-refractivity contribution is -0.458. The summed E-state index contributed by atoms with van der Waals surface area (Å²) < 4.78 is 216. The number of carbonyl (C=O) groups is 1. The van der Waals surface area contributed by atoms with E-state index in [0.29, 0.717) is 6.92 Å². The van der Waals surface area contributed by atoms with E-state index in [0.717, 1.165) is 0 Å². The van der Waals surface area contributed by atoms with E-state index in [-0.39, 0.29) is 6.92 Å². The molecule has 0 spiro atoms. The molecule has 5 atom stereocenters. The van der Waals surface area contributed by atoms with Crippen LogP contribution in [0.15, 0.2) is 0 Å². The van der Waals surface area contributed by atoms with E-state index < -0.39 is 121 Å². The SMILES string of the molecule is CCC(C)(C(=O)OC(C(F)(F)F)(C(F)(F)F)C12CC3CC(O)(CC(C(O)(C(F)(F)F)C(F)(F)F)(C3)C1)C2)C(F)(F)F. The van der Waals surface area contributed by atoms with Gasteiger partial charge >= 0.3 is 42.5 Å². The number of aliphatic hydroxyl groups is 2. The Balaban J connectivity index is 2.41. The summed E-state index contributed by atoms with van der Waals surface area (Å²) in [7, 11) is 0. The highest BCUT2D eigenvalue weighted by Gasteiger charge is 2.91. The van der Waals surface area contributed by atoms with Gasteiger partial charge in [-0.25, -0.2) is 0 Å². The van der Waals surface area contributed by atoms with Crippen molar-refractivity contribution in [3.8, 4) is 0 Å². The van der Waals surface area contributed by atoms with Crippen LogP contribution in [-0.2, 0) is 9.53 Å². The predicted molar refractivity (Wildman–Crippen MR) is 103 cm³/mol. The second-order valence-corrected chi connectivity index (χ2v) is 11.7. The first kappa shape index (κ1) is 33.8. The van der Waals surface area contributed by atoms with Crippen molar-refractivity contribution in [3.63, 3.8) is 0 Å². The summed E-state index contributed by atoms with van der Waals surface area (Å²) >= 11 is 0. The van der Waals surface area contributed by atoms with Crippen molar-refractivity contribution in [3.05, 3.63) is 0 Å². The zero-order valence-electron chi connectivity index (χ0n) is 20.9. The van der Waals surface area contributed by atoms with Crippen LogP contribution < -0.4 is 0 Å². The lowest BCUT2D eigenvalue weighted by Gasteiger charge is -2.70. The quantitative estimate of drug-likeness (QED) is 0.254. The number of alkyl halides is 15. The Labute approximate surface area is 221 Å². The Hall–Kier alpha value is -1.66. The molecule has 0 aromatic carbocycles. The van der Waals surface area contributed by atoms with Gasteiger partial charge in [-0.05, 0) is 57.8 Å². The summed E-state index contributed by atoms with van der Waals surface area (Å²) in [5.41, 5.74) is -27.3.